The smallest absolute Gasteiger partial charge is 0.264 e. The van der Waals surface area contributed by atoms with Gasteiger partial charge in [0.05, 0.1) is 25.3 Å². The first-order valence-electron chi connectivity index (χ1n) is 7.09. The molecule has 0 aliphatic carbocycles. The molecule has 0 aliphatic rings. The summed E-state index contributed by atoms with van der Waals surface area (Å²) in [5.41, 5.74) is 1.92. The van der Waals surface area contributed by atoms with Gasteiger partial charge in [0.1, 0.15) is 10.0 Å². The van der Waals surface area contributed by atoms with Crippen LogP contribution in [0.15, 0.2) is 18.2 Å². The second kappa shape index (κ2) is 7.97. The van der Waals surface area contributed by atoms with E-state index < -0.39 is 5.91 Å². The van der Waals surface area contributed by atoms with Crippen LogP contribution in [0.5, 0.6) is 5.75 Å². The maximum Gasteiger partial charge on any atom is 0.264 e. The molecule has 1 aromatic heterocycles. The molecule has 1 heterocycles. The van der Waals surface area contributed by atoms with E-state index in [1.165, 1.54) is 11.3 Å². The summed E-state index contributed by atoms with van der Waals surface area (Å²) in [6, 6.07) is 5.84. The number of hydrogen-bond acceptors (Lipinski definition) is 4. The van der Waals surface area contributed by atoms with Crippen molar-refractivity contribution in [3.8, 4) is 5.75 Å². The fraction of sp³-hybridized carbons (Fsp3) is 0.125. The molecule has 4 nitrogen and oxygen atoms in total. The number of hydrogen-bond donors (Lipinski definition) is 1. The van der Waals surface area contributed by atoms with Crippen LogP contribution in [-0.4, -0.2) is 17.5 Å². The molecule has 0 aliphatic heterocycles. The Morgan fingerprint density at radius 1 is 1.08 bits per heavy atom. The lowest BCUT2D eigenvalue weighted by Crippen LogP contribution is -2.20. The number of benzene rings is 2. The van der Waals surface area contributed by atoms with Crippen LogP contribution in [0.2, 0.25) is 25.1 Å². The molecule has 0 radical (unpaired) electrons. The summed E-state index contributed by atoms with van der Waals surface area (Å²) in [5.74, 6) is -0.446. The Morgan fingerprint density at radius 3 is 2.35 bits per heavy atom. The van der Waals surface area contributed by atoms with Crippen LogP contribution in [0.4, 0.5) is 5.13 Å². The molecule has 0 bridgehead atoms. The predicted octanol–water partition coefficient (Wildman–Crippen LogP) is 6.89. The highest BCUT2D eigenvalue weighted by Crippen LogP contribution is 2.48. The lowest BCUT2D eigenvalue weighted by atomic mass is 10.2. The number of thiazole rings is 1. The van der Waals surface area contributed by atoms with Crippen LogP contribution in [-0.2, 0) is 4.79 Å². The lowest BCUT2D eigenvalue weighted by Gasteiger charge is -2.13. The fourth-order valence-electron chi connectivity index (χ4n) is 2.09. The van der Waals surface area contributed by atoms with E-state index >= 15 is 0 Å². The van der Waals surface area contributed by atoms with E-state index in [9.17, 15) is 4.79 Å². The number of halogens is 5. The van der Waals surface area contributed by atoms with Gasteiger partial charge in [0, 0.05) is 0 Å². The molecule has 0 saturated heterocycles. The minimum atomic E-state index is -0.435. The summed E-state index contributed by atoms with van der Waals surface area (Å²) < 4.78 is 6.36. The minimum absolute atomic E-state index is 0.000292. The maximum absolute atomic E-state index is 12.1. The van der Waals surface area contributed by atoms with Gasteiger partial charge in [-0.1, -0.05) is 75.4 Å². The Balaban J connectivity index is 1.73. The maximum atomic E-state index is 12.1. The zero-order valence-electron chi connectivity index (χ0n) is 13.0. The van der Waals surface area contributed by atoms with E-state index in [0.717, 1.165) is 15.8 Å². The van der Waals surface area contributed by atoms with Gasteiger partial charge in [-0.25, -0.2) is 4.98 Å². The molecule has 1 N–H and O–H groups in total. The minimum Gasteiger partial charge on any atom is -0.481 e. The zero-order chi connectivity index (χ0) is 19.0. The number of aryl methyl sites for hydroxylation is 1. The van der Waals surface area contributed by atoms with Gasteiger partial charge >= 0.3 is 0 Å². The Kier molecular flexibility index (Phi) is 6.07. The molecule has 10 heteroatoms. The van der Waals surface area contributed by atoms with Gasteiger partial charge in [0.25, 0.3) is 5.91 Å². The molecule has 0 unspecified atom stereocenters. The average Bonchev–Trinajstić information content (AvgIpc) is 2.99. The highest BCUT2D eigenvalue weighted by molar-refractivity contribution is 7.22. The van der Waals surface area contributed by atoms with Crippen molar-refractivity contribution in [2.24, 2.45) is 0 Å². The number of nitrogens with one attached hydrogen (secondary N) is 1. The summed E-state index contributed by atoms with van der Waals surface area (Å²) in [7, 11) is 0. The summed E-state index contributed by atoms with van der Waals surface area (Å²) in [6.07, 6.45) is 0. The first-order chi connectivity index (χ1) is 12.3. The van der Waals surface area contributed by atoms with Crippen molar-refractivity contribution in [1.82, 2.24) is 4.98 Å². The SMILES string of the molecule is Cc1ccc2nc(NC(=O)COc3c(Cl)c(Cl)c(Cl)c(Cl)c3Cl)sc2c1. The number of carbonyl (C=O) groups is 1. The molecule has 1 amide bonds. The number of anilines is 1. The second-order valence-electron chi connectivity index (χ2n) is 5.23. The molecule has 26 heavy (non-hydrogen) atoms. The first-order valence-corrected chi connectivity index (χ1v) is 9.80. The second-order valence-corrected chi connectivity index (χ2v) is 8.15. The van der Waals surface area contributed by atoms with E-state index in [1.54, 1.807) is 0 Å². The zero-order valence-corrected chi connectivity index (χ0v) is 17.6. The fourth-order valence-corrected chi connectivity index (χ4v) is 4.30. The Hall–Kier alpha value is -0.950. The van der Waals surface area contributed by atoms with Crippen LogP contribution in [0.1, 0.15) is 5.56 Å². The molecular weight excluding hydrogens is 462 g/mol. The molecule has 0 saturated carbocycles. The van der Waals surface area contributed by atoms with E-state index in [2.05, 4.69) is 10.3 Å². The van der Waals surface area contributed by atoms with Crippen molar-refractivity contribution < 1.29 is 9.53 Å². The van der Waals surface area contributed by atoms with Gasteiger partial charge < -0.3 is 4.74 Å². The molecule has 3 rings (SSSR count). The van der Waals surface area contributed by atoms with E-state index in [4.69, 9.17) is 62.7 Å². The van der Waals surface area contributed by atoms with E-state index in [0.29, 0.717) is 5.13 Å². The third-order valence-corrected chi connectivity index (χ3v) is 6.48. The molecule has 136 valence electrons. The molecule has 3 aromatic rings. The average molecular weight is 471 g/mol. The quantitative estimate of drug-likeness (QED) is 0.334. The number of carbonyl (C=O) groups excluding carboxylic acids is 1. The van der Waals surface area contributed by atoms with Crippen LogP contribution in [0, 0.1) is 6.92 Å². The molecule has 2 aromatic carbocycles. The van der Waals surface area contributed by atoms with Gasteiger partial charge in [-0.15, -0.1) is 0 Å². The third kappa shape index (κ3) is 3.98. The van der Waals surface area contributed by atoms with Crippen LogP contribution in [0.25, 0.3) is 10.2 Å². The Labute approximate surface area is 177 Å². The Bertz CT molecular complexity index is 993. The topological polar surface area (TPSA) is 51.2 Å². The van der Waals surface area contributed by atoms with Crippen molar-refractivity contribution in [1.29, 1.82) is 0 Å². The first kappa shape index (κ1) is 19.8. The molecule has 0 spiro atoms. The monoisotopic (exact) mass is 468 g/mol. The standard InChI is InChI=1S/C16H9Cl5N2O2S/c1-6-2-3-7-8(4-6)26-16(22-7)23-9(24)5-25-15-13(20)11(18)10(17)12(19)14(15)21/h2-4H,5H2,1H3,(H,22,23,24). The van der Waals surface area contributed by atoms with Gasteiger partial charge in [-0.3, -0.25) is 10.1 Å². The normalized spacial score (nSPS) is 11.0. The van der Waals surface area contributed by atoms with E-state index in [-0.39, 0.29) is 37.5 Å². The van der Waals surface area contributed by atoms with Gasteiger partial charge in [-0.2, -0.15) is 0 Å². The number of ether oxygens (including phenoxy) is 1. The summed E-state index contributed by atoms with van der Waals surface area (Å²) in [6.45, 7) is 1.63. The summed E-state index contributed by atoms with van der Waals surface area (Å²) in [5, 5.41) is 3.11. The van der Waals surface area contributed by atoms with Crippen LogP contribution < -0.4 is 10.1 Å². The number of aromatic nitrogens is 1. The molecule has 0 atom stereocenters. The van der Waals surface area contributed by atoms with Crippen molar-refractivity contribution in [3.63, 3.8) is 0 Å². The third-order valence-electron chi connectivity index (χ3n) is 3.31. The van der Waals surface area contributed by atoms with Crippen molar-refractivity contribution in [2.75, 3.05) is 11.9 Å². The predicted molar refractivity (Wildman–Crippen MR) is 110 cm³/mol. The number of fused-ring (bicyclic) bond motifs is 1. The molecular formula is C16H9Cl5N2O2S. The van der Waals surface area contributed by atoms with Crippen molar-refractivity contribution in [3.05, 3.63) is 48.9 Å². The summed E-state index contributed by atoms with van der Waals surface area (Å²) in [4.78, 5) is 16.5. The Morgan fingerprint density at radius 2 is 1.69 bits per heavy atom. The number of rotatable bonds is 4. The van der Waals surface area contributed by atoms with Gasteiger partial charge in [0.15, 0.2) is 17.5 Å². The highest BCUT2D eigenvalue weighted by atomic mass is 35.5. The van der Waals surface area contributed by atoms with Gasteiger partial charge in [-0.05, 0) is 24.6 Å². The highest BCUT2D eigenvalue weighted by Gasteiger charge is 2.21. The lowest BCUT2D eigenvalue weighted by molar-refractivity contribution is -0.118. The number of amides is 1. The van der Waals surface area contributed by atoms with Gasteiger partial charge in [0.2, 0.25) is 0 Å². The van der Waals surface area contributed by atoms with Crippen LogP contribution >= 0.6 is 69.3 Å². The van der Waals surface area contributed by atoms with Crippen molar-refractivity contribution in [2.45, 2.75) is 6.92 Å². The summed E-state index contributed by atoms with van der Waals surface area (Å²) >= 11 is 31.3. The molecule has 0 fully saturated rings. The largest absolute Gasteiger partial charge is 0.481 e. The van der Waals surface area contributed by atoms with Crippen molar-refractivity contribution >= 4 is 90.6 Å². The van der Waals surface area contributed by atoms with Crippen LogP contribution in [0.3, 0.4) is 0 Å². The van der Waals surface area contributed by atoms with E-state index in [1.807, 2.05) is 25.1 Å². The number of nitrogens with zero attached hydrogens (tertiary/aromatic N) is 1.